The molecule has 0 fully saturated rings. The Bertz CT molecular complexity index is 276. The molecular formula is C10H17NO5. The Kier molecular flexibility index (Phi) is 6.14. The summed E-state index contributed by atoms with van der Waals surface area (Å²) in [6.45, 7) is 3.22. The van der Waals surface area contributed by atoms with E-state index in [4.69, 9.17) is 10.2 Å². The van der Waals surface area contributed by atoms with Gasteiger partial charge in [-0.1, -0.05) is 13.8 Å². The molecule has 0 unspecified atom stereocenters. The fourth-order valence-electron chi connectivity index (χ4n) is 1.21. The maximum Gasteiger partial charge on any atom is 0.306 e. The van der Waals surface area contributed by atoms with Gasteiger partial charge < -0.3 is 15.5 Å². The van der Waals surface area contributed by atoms with Crippen molar-refractivity contribution < 1.29 is 24.6 Å². The van der Waals surface area contributed by atoms with Crippen molar-refractivity contribution in [3.8, 4) is 0 Å². The first-order valence-corrected chi connectivity index (χ1v) is 5.07. The minimum atomic E-state index is -0.980. The average molecular weight is 231 g/mol. The molecule has 0 aliphatic carbocycles. The standard InChI is InChI=1S/C10H17NO5/c1-6(5-7(2)10(15)16)9(14)11-4-3-8(12)13/h6-7H,3-5H2,1-2H3,(H,11,14)(H,12,13)(H,15,16)/t6-,7-/m0/s1. The fraction of sp³-hybridized carbons (Fsp3) is 0.700. The van der Waals surface area contributed by atoms with Gasteiger partial charge in [-0.25, -0.2) is 0 Å². The number of carbonyl (C=O) groups excluding carboxylic acids is 1. The van der Waals surface area contributed by atoms with Crippen molar-refractivity contribution in [1.82, 2.24) is 5.32 Å². The molecule has 6 nitrogen and oxygen atoms in total. The molecule has 0 bridgehead atoms. The number of hydrogen-bond acceptors (Lipinski definition) is 3. The minimum Gasteiger partial charge on any atom is -0.481 e. The second-order valence-electron chi connectivity index (χ2n) is 3.81. The summed E-state index contributed by atoms with van der Waals surface area (Å²) in [6.07, 6.45) is 0.112. The van der Waals surface area contributed by atoms with Crippen LogP contribution in [0.3, 0.4) is 0 Å². The number of nitrogens with one attached hydrogen (secondary N) is 1. The largest absolute Gasteiger partial charge is 0.481 e. The molecule has 0 spiro atoms. The predicted octanol–water partition coefficient (Wildman–Crippen LogP) is 0.324. The summed E-state index contributed by atoms with van der Waals surface area (Å²) < 4.78 is 0. The first kappa shape index (κ1) is 14.4. The molecule has 1 amide bonds. The van der Waals surface area contributed by atoms with Gasteiger partial charge in [-0.3, -0.25) is 14.4 Å². The van der Waals surface area contributed by atoms with Gasteiger partial charge in [0.05, 0.1) is 12.3 Å². The zero-order valence-corrected chi connectivity index (χ0v) is 9.40. The zero-order chi connectivity index (χ0) is 12.7. The smallest absolute Gasteiger partial charge is 0.306 e. The highest BCUT2D eigenvalue weighted by Gasteiger charge is 2.20. The van der Waals surface area contributed by atoms with Crippen molar-refractivity contribution in [2.45, 2.75) is 26.7 Å². The Hall–Kier alpha value is -1.59. The van der Waals surface area contributed by atoms with Crippen LogP contribution in [-0.2, 0) is 14.4 Å². The molecule has 0 aromatic carbocycles. The molecule has 0 aliphatic rings. The summed E-state index contributed by atoms with van der Waals surface area (Å²) in [5.74, 6) is -3.24. The molecule has 0 saturated heterocycles. The van der Waals surface area contributed by atoms with Crippen LogP contribution in [0.2, 0.25) is 0 Å². The van der Waals surface area contributed by atoms with E-state index < -0.39 is 23.8 Å². The molecule has 0 aliphatic heterocycles. The Balaban J connectivity index is 3.90. The molecule has 0 heterocycles. The summed E-state index contributed by atoms with van der Waals surface area (Å²) in [4.78, 5) is 32.1. The molecule has 0 aromatic rings. The molecule has 0 radical (unpaired) electrons. The lowest BCUT2D eigenvalue weighted by molar-refractivity contribution is -0.142. The number of amides is 1. The molecule has 0 aromatic heterocycles. The van der Waals surface area contributed by atoms with Crippen molar-refractivity contribution in [1.29, 1.82) is 0 Å². The van der Waals surface area contributed by atoms with Gasteiger partial charge in [0, 0.05) is 12.5 Å². The van der Waals surface area contributed by atoms with E-state index >= 15 is 0 Å². The Morgan fingerprint density at radius 1 is 1.12 bits per heavy atom. The fourth-order valence-corrected chi connectivity index (χ4v) is 1.21. The van der Waals surface area contributed by atoms with Crippen LogP contribution in [0.15, 0.2) is 0 Å². The van der Waals surface area contributed by atoms with Crippen LogP contribution in [0.25, 0.3) is 0 Å². The first-order valence-electron chi connectivity index (χ1n) is 5.07. The summed E-state index contributed by atoms with van der Waals surface area (Å²) >= 11 is 0. The summed E-state index contributed by atoms with van der Waals surface area (Å²) in [6, 6.07) is 0. The monoisotopic (exact) mass is 231 g/mol. The third kappa shape index (κ3) is 6.00. The van der Waals surface area contributed by atoms with Gasteiger partial charge in [0.15, 0.2) is 0 Å². The number of carboxylic acids is 2. The summed E-state index contributed by atoms with van der Waals surface area (Å²) in [5, 5.41) is 19.5. The number of aliphatic carboxylic acids is 2. The second-order valence-corrected chi connectivity index (χ2v) is 3.81. The molecular weight excluding hydrogens is 214 g/mol. The van der Waals surface area contributed by atoms with E-state index in [2.05, 4.69) is 5.32 Å². The van der Waals surface area contributed by atoms with Gasteiger partial charge >= 0.3 is 11.9 Å². The molecule has 0 rings (SSSR count). The van der Waals surface area contributed by atoms with Crippen molar-refractivity contribution in [3.63, 3.8) is 0 Å². The third-order valence-corrected chi connectivity index (χ3v) is 2.21. The number of rotatable bonds is 7. The Morgan fingerprint density at radius 2 is 1.69 bits per heavy atom. The molecule has 0 saturated carbocycles. The normalized spacial score (nSPS) is 13.9. The highest BCUT2D eigenvalue weighted by atomic mass is 16.4. The van der Waals surface area contributed by atoms with E-state index in [1.165, 1.54) is 6.92 Å². The number of carboxylic acid groups (broad SMARTS) is 2. The van der Waals surface area contributed by atoms with E-state index in [0.29, 0.717) is 0 Å². The quantitative estimate of drug-likeness (QED) is 0.585. The lowest BCUT2D eigenvalue weighted by Crippen LogP contribution is -2.32. The van der Waals surface area contributed by atoms with Crippen LogP contribution < -0.4 is 5.32 Å². The second kappa shape index (κ2) is 6.81. The van der Waals surface area contributed by atoms with Gasteiger partial charge in [-0.05, 0) is 6.42 Å². The SMILES string of the molecule is C[C@@H](C[C@H](C)C(=O)NCCC(=O)O)C(=O)O. The van der Waals surface area contributed by atoms with Crippen LogP contribution in [0.4, 0.5) is 0 Å². The topological polar surface area (TPSA) is 104 Å². The van der Waals surface area contributed by atoms with Gasteiger partial charge in [0.25, 0.3) is 0 Å². The van der Waals surface area contributed by atoms with Crippen molar-refractivity contribution in [3.05, 3.63) is 0 Å². The van der Waals surface area contributed by atoms with Crippen LogP contribution in [-0.4, -0.2) is 34.6 Å². The average Bonchev–Trinajstić information content (AvgIpc) is 2.16. The Labute approximate surface area is 93.6 Å². The number of hydrogen-bond donors (Lipinski definition) is 3. The summed E-state index contributed by atoms with van der Waals surface area (Å²) in [7, 11) is 0. The van der Waals surface area contributed by atoms with E-state index in [9.17, 15) is 14.4 Å². The first-order chi connectivity index (χ1) is 7.34. The van der Waals surface area contributed by atoms with Crippen molar-refractivity contribution in [2.24, 2.45) is 11.8 Å². The Morgan fingerprint density at radius 3 is 2.12 bits per heavy atom. The molecule has 3 N–H and O–H groups in total. The molecule has 2 atom stereocenters. The minimum absolute atomic E-state index is 0.0694. The maximum atomic E-state index is 11.4. The maximum absolute atomic E-state index is 11.4. The predicted molar refractivity (Wildman–Crippen MR) is 55.8 cm³/mol. The number of carbonyl (C=O) groups is 3. The third-order valence-electron chi connectivity index (χ3n) is 2.21. The van der Waals surface area contributed by atoms with Crippen LogP contribution >= 0.6 is 0 Å². The zero-order valence-electron chi connectivity index (χ0n) is 9.40. The highest BCUT2D eigenvalue weighted by molar-refractivity contribution is 5.79. The molecule has 16 heavy (non-hydrogen) atoms. The molecule has 92 valence electrons. The lowest BCUT2D eigenvalue weighted by Gasteiger charge is -2.13. The van der Waals surface area contributed by atoms with Crippen molar-refractivity contribution >= 4 is 17.8 Å². The van der Waals surface area contributed by atoms with E-state index in [1.807, 2.05) is 0 Å². The van der Waals surface area contributed by atoms with E-state index in [-0.39, 0.29) is 25.3 Å². The van der Waals surface area contributed by atoms with Crippen LogP contribution in [0, 0.1) is 11.8 Å². The van der Waals surface area contributed by atoms with Crippen LogP contribution in [0.1, 0.15) is 26.7 Å². The lowest BCUT2D eigenvalue weighted by atomic mass is 9.97. The molecule has 6 heteroatoms. The van der Waals surface area contributed by atoms with Gasteiger partial charge in [-0.2, -0.15) is 0 Å². The van der Waals surface area contributed by atoms with Gasteiger partial charge in [-0.15, -0.1) is 0 Å². The van der Waals surface area contributed by atoms with E-state index in [1.54, 1.807) is 6.92 Å². The summed E-state index contributed by atoms with van der Waals surface area (Å²) in [5.41, 5.74) is 0. The van der Waals surface area contributed by atoms with Crippen LogP contribution in [0.5, 0.6) is 0 Å². The van der Waals surface area contributed by atoms with E-state index in [0.717, 1.165) is 0 Å². The van der Waals surface area contributed by atoms with Gasteiger partial charge in [0.1, 0.15) is 0 Å². The highest BCUT2D eigenvalue weighted by Crippen LogP contribution is 2.11. The van der Waals surface area contributed by atoms with Gasteiger partial charge in [0.2, 0.25) is 5.91 Å². The van der Waals surface area contributed by atoms with Crippen molar-refractivity contribution in [2.75, 3.05) is 6.54 Å².